The standard InChI is InChI=1S/C38H25N5O2/c1-2-12-26(13-3-1)43-35-29(27-14-4-6-20-33(27)44-37-39-22-10-23-40-37)16-8-18-31(35)32-19-9-17-30(36(32)43)28-15-5-7-21-34(28)45-38-41-24-11-25-42-38/h1-25H. The molecule has 8 rings (SSSR count). The zero-order valence-electron chi connectivity index (χ0n) is 24.0. The van der Waals surface area contributed by atoms with Crippen LogP contribution in [0.2, 0.25) is 0 Å². The summed E-state index contributed by atoms with van der Waals surface area (Å²) in [5.74, 6) is 1.34. The summed E-state index contributed by atoms with van der Waals surface area (Å²) in [5, 5.41) is 2.23. The van der Waals surface area contributed by atoms with Gasteiger partial charge in [0.05, 0.1) is 11.0 Å². The Labute approximate surface area is 259 Å². The van der Waals surface area contributed by atoms with E-state index in [9.17, 15) is 0 Å². The van der Waals surface area contributed by atoms with Gasteiger partial charge in [-0.25, -0.2) is 19.9 Å². The molecule has 0 aliphatic heterocycles. The van der Waals surface area contributed by atoms with Crippen LogP contribution in [-0.2, 0) is 0 Å². The van der Waals surface area contributed by atoms with Crippen molar-refractivity contribution in [1.82, 2.24) is 24.5 Å². The maximum atomic E-state index is 6.24. The van der Waals surface area contributed by atoms with Crippen molar-refractivity contribution < 1.29 is 9.47 Å². The number of nitrogens with zero attached hydrogens (tertiary/aromatic N) is 5. The molecule has 8 aromatic rings. The molecule has 0 aliphatic rings. The van der Waals surface area contributed by atoms with Gasteiger partial charge in [0.15, 0.2) is 0 Å². The topological polar surface area (TPSA) is 75.0 Å². The fraction of sp³-hybridized carbons (Fsp3) is 0. The molecule has 45 heavy (non-hydrogen) atoms. The molecule has 0 unspecified atom stereocenters. The molecule has 0 saturated carbocycles. The fourth-order valence-electron chi connectivity index (χ4n) is 5.81. The number of aromatic nitrogens is 5. The summed E-state index contributed by atoms with van der Waals surface area (Å²) in [7, 11) is 0. The highest BCUT2D eigenvalue weighted by Crippen LogP contribution is 2.45. The van der Waals surface area contributed by atoms with Crippen LogP contribution in [-0.4, -0.2) is 24.5 Å². The van der Waals surface area contributed by atoms with Crippen LogP contribution < -0.4 is 9.47 Å². The van der Waals surface area contributed by atoms with E-state index < -0.39 is 0 Å². The predicted molar refractivity (Wildman–Crippen MR) is 176 cm³/mol. The van der Waals surface area contributed by atoms with Gasteiger partial charge in [-0.05, 0) is 36.4 Å². The van der Waals surface area contributed by atoms with Crippen molar-refractivity contribution in [3.8, 4) is 51.5 Å². The van der Waals surface area contributed by atoms with Gasteiger partial charge in [0.25, 0.3) is 0 Å². The molecule has 3 heterocycles. The lowest BCUT2D eigenvalue weighted by Gasteiger charge is -2.16. The minimum Gasteiger partial charge on any atom is -0.424 e. The first-order chi connectivity index (χ1) is 22.3. The van der Waals surface area contributed by atoms with E-state index in [0.717, 1.165) is 49.7 Å². The molecule has 0 N–H and O–H groups in total. The van der Waals surface area contributed by atoms with E-state index in [-0.39, 0.29) is 0 Å². The largest absolute Gasteiger partial charge is 0.424 e. The first kappa shape index (κ1) is 26.3. The third-order valence-electron chi connectivity index (χ3n) is 7.66. The van der Waals surface area contributed by atoms with Gasteiger partial charge in [-0.15, -0.1) is 0 Å². The fourth-order valence-corrected chi connectivity index (χ4v) is 5.81. The van der Waals surface area contributed by atoms with Crippen molar-refractivity contribution >= 4 is 21.8 Å². The van der Waals surface area contributed by atoms with E-state index in [1.54, 1.807) is 36.9 Å². The van der Waals surface area contributed by atoms with Gasteiger partial charge in [0.2, 0.25) is 0 Å². The third kappa shape index (κ3) is 4.82. The molecule has 7 nitrogen and oxygen atoms in total. The average molecular weight is 584 g/mol. The monoisotopic (exact) mass is 583 g/mol. The van der Waals surface area contributed by atoms with Crippen LogP contribution in [0.4, 0.5) is 0 Å². The summed E-state index contributed by atoms with van der Waals surface area (Å²) in [6, 6.07) is 43.4. The van der Waals surface area contributed by atoms with E-state index in [1.807, 2.05) is 42.5 Å². The molecule has 0 radical (unpaired) electrons. The van der Waals surface area contributed by atoms with Crippen molar-refractivity contribution in [2.24, 2.45) is 0 Å². The lowest BCUT2D eigenvalue weighted by Crippen LogP contribution is -1.98. The molecule has 5 aromatic carbocycles. The number of benzene rings is 5. The number of hydrogen-bond donors (Lipinski definition) is 0. The lowest BCUT2D eigenvalue weighted by molar-refractivity contribution is 0.443. The number of hydrogen-bond acceptors (Lipinski definition) is 6. The van der Waals surface area contributed by atoms with Crippen LogP contribution in [0.3, 0.4) is 0 Å². The Bertz CT molecular complexity index is 2130. The second-order valence-electron chi connectivity index (χ2n) is 10.3. The Kier molecular flexibility index (Phi) is 6.66. The highest BCUT2D eigenvalue weighted by atomic mass is 16.5. The van der Waals surface area contributed by atoms with E-state index in [2.05, 4.69) is 97.3 Å². The smallest absolute Gasteiger partial charge is 0.321 e. The van der Waals surface area contributed by atoms with Gasteiger partial charge in [0.1, 0.15) is 11.5 Å². The van der Waals surface area contributed by atoms with Crippen molar-refractivity contribution in [2.45, 2.75) is 0 Å². The van der Waals surface area contributed by atoms with Crippen molar-refractivity contribution in [2.75, 3.05) is 0 Å². The molecule has 0 atom stereocenters. The van der Waals surface area contributed by atoms with Crippen LogP contribution in [0.15, 0.2) is 152 Å². The summed E-state index contributed by atoms with van der Waals surface area (Å²) in [6.07, 6.45) is 6.69. The normalized spacial score (nSPS) is 11.1. The second kappa shape index (κ2) is 11.4. The van der Waals surface area contributed by atoms with E-state index in [4.69, 9.17) is 9.47 Å². The minimum absolute atomic E-state index is 0.294. The summed E-state index contributed by atoms with van der Waals surface area (Å²) in [4.78, 5) is 17.2. The SMILES string of the molecule is c1ccc(-n2c3c(-c4ccccc4Oc4ncccn4)cccc3c3cccc(-c4ccccc4Oc4ncccn4)c32)cc1. The maximum Gasteiger partial charge on any atom is 0.321 e. The number of para-hydroxylation sites is 5. The Morgan fingerprint density at radius 3 is 1.29 bits per heavy atom. The van der Waals surface area contributed by atoms with Crippen molar-refractivity contribution in [1.29, 1.82) is 0 Å². The molecule has 214 valence electrons. The molecule has 7 heteroatoms. The molecule has 0 spiro atoms. The van der Waals surface area contributed by atoms with Gasteiger partial charge in [-0.2, -0.15) is 0 Å². The molecule has 0 bridgehead atoms. The van der Waals surface area contributed by atoms with Crippen molar-refractivity contribution in [3.63, 3.8) is 0 Å². The van der Waals surface area contributed by atoms with Gasteiger partial charge >= 0.3 is 12.0 Å². The molecule has 0 fully saturated rings. The van der Waals surface area contributed by atoms with E-state index >= 15 is 0 Å². The molecule has 3 aromatic heterocycles. The summed E-state index contributed by atoms with van der Waals surface area (Å²) in [6.45, 7) is 0. The highest BCUT2D eigenvalue weighted by molar-refractivity contribution is 6.17. The predicted octanol–water partition coefficient (Wildman–Crippen LogP) is 9.28. The first-order valence-electron chi connectivity index (χ1n) is 14.6. The Hall–Kier alpha value is -6.34. The van der Waals surface area contributed by atoms with Crippen LogP contribution in [0.1, 0.15) is 0 Å². The zero-order chi connectivity index (χ0) is 30.0. The van der Waals surface area contributed by atoms with Crippen LogP contribution in [0, 0.1) is 0 Å². The average Bonchev–Trinajstić information content (AvgIpc) is 3.45. The molecule has 0 amide bonds. The van der Waals surface area contributed by atoms with Crippen molar-refractivity contribution in [3.05, 3.63) is 152 Å². The van der Waals surface area contributed by atoms with E-state index in [0.29, 0.717) is 23.5 Å². The summed E-state index contributed by atoms with van der Waals surface area (Å²) in [5.41, 5.74) is 7.05. The van der Waals surface area contributed by atoms with Gasteiger partial charge in [-0.3, -0.25) is 0 Å². The summed E-state index contributed by atoms with van der Waals surface area (Å²) >= 11 is 0. The second-order valence-corrected chi connectivity index (χ2v) is 10.3. The molecule has 0 saturated heterocycles. The van der Waals surface area contributed by atoms with E-state index in [1.165, 1.54) is 0 Å². The summed E-state index contributed by atoms with van der Waals surface area (Å²) < 4.78 is 14.8. The zero-order valence-corrected chi connectivity index (χ0v) is 24.0. The third-order valence-corrected chi connectivity index (χ3v) is 7.66. The minimum atomic E-state index is 0.294. The Balaban J connectivity index is 1.42. The number of fused-ring (bicyclic) bond motifs is 3. The number of rotatable bonds is 7. The molecule has 0 aliphatic carbocycles. The highest BCUT2D eigenvalue weighted by Gasteiger charge is 2.22. The van der Waals surface area contributed by atoms with Gasteiger partial charge < -0.3 is 14.0 Å². The quantitative estimate of drug-likeness (QED) is 0.186. The number of ether oxygens (including phenoxy) is 2. The molecular weight excluding hydrogens is 558 g/mol. The van der Waals surface area contributed by atoms with Gasteiger partial charge in [0, 0.05) is 63.5 Å². The Morgan fingerprint density at radius 2 is 0.800 bits per heavy atom. The first-order valence-corrected chi connectivity index (χ1v) is 14.6. The van der Waals surface area contributed by atoms with Crippen LogP contribution in [0.25, 0.3) is 49.7 Å². The maximum absolute atomic E-state index is 6.24. The van der Waals surface area contributed by atoms with Gasteiger partial charge in [-0.1, -0.05) is 91.0 Å². The van der Waals surface area contributed by atoms with Crippen LogP contribution >= 0.6 is 0 Å². The molecular formula is C38H25N5O2. The lowest BCUT2D eigenvalue weighted by atomic mass is 9.99. The Morgan fingerprint density at radius 1 is 0.378 bits per heavy atom. The van der Waals surface area contributed by atoms with Crippen LogP contribution in [0.5, 0.6) is 23.5 Å².